The molecule has 3 rings (SSSR count). The van der Waals surface area contributed by atoms with E-state index < -0.39 is 0 Å². The first kappa shape index (κ1) is 23.6. The molecule has 0 aliphatic carbocycles. The zero-order chi connectivity index (χ0) is 23.0. The van der Waals surface area contributed by atoms with E-state index in [1.54, 1.807) is 7.11 Å². The lowest BCUT2D eigenvalue weighted by molar-refractivity contribution is -0.128. The largest absolute Gasteiger partial charge is 0.497 e. The van der Waals surface area contributed by atoms with Crippen LogP contribution in [-0.2, 0) is 17.8 Å². The van der Waals surface area contributed by atoms with Crippen LogP contribution in [0.15, 0.2) is 48.5 Å². The zero-order valence-corrected chi connectivity index (χ0v) is 19.7. The third-order valence-electron chi connectivity index (χ3n) is 5.42. The minimum atomic E-state index is -0.335. The van der Waals surface area contributed by atoms with Crippen molar-refractivity contribution in [2.75, 3.05) is 20.3 Å². The number of aryl methyl sites for hydroxylation is 1. The number of unbranched alkanes of at least 4 members (excludes halogenated alkanes) is 2. The van der Waals surface area contributed by atoms with E-state index in [-0.39, 0.29) is 11.3 Å². The van der Waals surface area contributed by atoms with Crippen molar-refractivity contribution in [2.45, 2.75) is 53.0 Å². The van der Waals surface area contributed by atoms with Gasteiger partial charge in [0.1, 0.15) is 23.9 Å². The zero-order valence-electron chi connectivity index (χ0n) is 19.7. The Morgan fingerprint density at radius 1 is 1.00 bits per heavy atom. The van der Waals surface area contributed by atoms with Gasteiger partial charge in [0, 0.05) is 18.4 Å². The number of carbonyl (C=O) groups is 1. The van der Waals surface area contributed by atoms with Crippen molar-refractivity contribution in [1.82, 2.24) is 14.9 Å². The van der Waals surface area contributed by atoms with Gasteiger partial charge in [0.05, 0.1) is 24.7 Å². The van der Waals surface area contributed by atoms with E-state index in [0.29, 0.717) is 6.61 Å². The summed E-state index contributed by atoms with van der Waals surface area (Å²) in [7, 11) is 1.66. The number of fused-ring (bicyclic) bond motifs is 1. The molecular formula is C26H35N3O3. The number of nitrogens with zero attached hydrogens (tertiary/aromatic N) is 2. The summed E-state index contributed by atoms with van der Waals surface area (Å²) in [5.41, 5.74) is 1.82. The molecule has 0 fully saturated rings. The fraction of sp³-hybridized carbons (Fsp3) is 0.462. The van der Waals surface area contributed by atoms with Crippen molar-refractivity contribution in [3.8, 4) is 11.5 Å². The van der Waals surface area contributed by atoms with Gasteiger partial charge in [-0.3, -0.25) is 4.79 Å². The molecule has 32 heavy (non-hydrogen) atoms. The number of methoxy groups -OCH3 is 1. The summed E-state index contributed by atoms with van der Waals surface area (Å²) >= 11 is 0. The summed E-state index contributed by atoms with van der Waals surface area (Å²) in [6.45, 7) is 7.84. The maximum absolute atomic E-state index is 12.0. The molecule has 0 atom stereocenters. The molecule has 1 amide bonds. The lowest BCUT2D eigenvalue weighted by Crippen LogP contribution is -2.35. The summed E-state index contributed by atoms with van der Waals surface area (Å²) in [5.74, 6) is 2.84. The van der Waals surface area contributed by atoms with Crippen molar-refractivity contribution < 1.29 is 14.3 Å². The lowest BCUT2D eigenvalue weighted by Gasteiger charge is -2.17. The second-order valence-electron chi connectivity index (χ2n) is 9.01. The van der Waals surface area contributed by atoms with Gasteiger partial charge in [0.2, 0.25) is 5.91 Å². The van der Waals surface area contributed by atoms with Crippen LogP contribution < -0.4 is 14.8 Å². The minimum Gasteiger partial charge on any atom is -0.497 e. The van der Waals surface area contributed by atoms with Gasteiger partial charge in [0.25, 0.3) is 0 Å². The number of rotatable bonds is 11. The van der Waals surface area contributed by atoms with Crippen molar-refractivity contribution in [2.24, 2.45) is 5.41 Å². The maximum Gasteiger partial charge on any atom is 0.225 e. The third kappa shape index (κ3) is 6.49. The molecule has 3 aromatic rings. The Kier molecular flexibility index (Phi) is 8.14. The Bertz CT molecular complexity index is 1000. The van der Waals surface area contributed by atoms with Crippen LogP contribution in [0.1, 0.15) is 45.9 Å². The number of aromatic nitrogens is 2. The summed E-state index contributed by atoms with van der Waals surface area (Å²) in [6, 6.07) is 15.9. The van der Waals surface area contributed by atoms with Crippen molar-refractivity contribution in [3.63, 3.8) is 0 Å². The smallest absolute Gasteiger partial charge is 0.225 e. The summed E-state index contributed by atoms with van der Waals surface area (Å²) in [5, 5.41) is 3.02. The van der Waals surface area contributed by atoms with Crippen LogP contribution in [-0.4, -0.2) is 35.7 Å². The van der Waals surface area contributed by atoms with Gasteiger partial charge in [-0.05, 0) is 49.2 Å². The molecule has 6 nitrogen and oxygen atoms in total. The van der Waals surface area contributed by atoms with Crippen molar-refractivity contribution in [1.29, 1.82) is 0 Å². The molecule has 1 N–H and O–H groups in total. The van der Waals surface area contributed by atoms with Crippen molar-refractivity contribution in [3.05, 3.63) is 54.4 Å². The van der Waals surface area contributed by atoms with E-state index in [1.807, 2.05) is 57.2 Å². The van der Waals surface area contributed by atoms with Gasteiger partial charge in [-0.25, -0.2) is 4.98 Å². The average Bonchev–Trinajstić information content (AvgIpc) is 3.13. The molecule has 0 spiro atoms. The molecule has 0 aliphatic heterocycles. The molecule has 1 heterocycles. The van der Waals surface area contributed by atoms with Crippen LogP contribution in [0, 0.1) is 5.41 Å². The van der Waals surface area contributed by atoms with Crippen LogP contribution in [0.4, 0.5) is 0 Å². The Hall–Kier alpha value is -3.02. The van der Waals surface area contributed by atoms with Gasteiger partial charge >= 0.3 is 0 Å². The SMILES string of the molecule is COc1ccc(OCCn2c(CCCCCNC(=O)C(C)(C)C)nc3ccccc32)cc1. The van der Waals surface area contributed by atoms with Gasteiger partial charge in [0.15, 0.2) is 0 Å². The first-order valence-electron chi connectivity index (χ1n) is 11.4. The van der Waals surface area contributed by atoms with Crippen LogP contribution >= 0.6 is 0 Å². The molecule has 0 unspecified atom stereocenters. The van der Waals surface area contributed by atoms with E-state index in [1.165, 1.54) is 0 Å². The number of ether oxygens (including phenoxy) is 2. The number of hydrogen-bond acceptors (Lipinski definition) is 4. The molecule has 0 aliphatic rings. The highest BCUT2D eigenvalue weighted by Gasteiger charge is 2.20. The summed E-state index contributed by atoms with van der Waals surface area (Å²) < 4.78 is 13.4. The number of imidazole rings is 1. The number of benzene rings is 2. The highest BCUT2D eigenvalue weighted by Crippen LogP contribution is 2.20. The lowest BCUT2D eigenvalue weighted by atomic mass is 9.96. The second-order valence-corrected chi connectivity index (χ2v) is 9.01. The Labute approximate surface area is 190 Å². The van der Waals surface area contributed by atoms with E-state index in [4.69, 9.17) is 14.5 Å². The Morgan fingerprint density at radius 3 is 2.44 bits per heavy atom. The minimum absolute atomic E-state index is 0.108. The first-order chi connectivity index (χ1) is 15.4. The molecule has 172 valence electrons. The first-order valence-corrected chi connectivity index (χ1v) is 11.4. The fourth-order valence-electron chi connectivity index (χ4n) is 3.54. The normalized spacial score (nSPS) is 11.5. The fourth-order valence-corrected chi connectivity index (χ4v) is 3.54. The third-order valence-corrected chi connectivity index (χ3v) is 5.42. The predicted octanol–water partition coefficient (Wildman–Crippen LogP) is 5.00. The molecule has 0 saturated heterocycles. The van der Waals surface area contributed by atoms with E-state index in [2.05, 4.69) is 22.0 Å². The van der Waals surface area contributed by atoms with E-state index >= 15 is 0 Å². The highest BCUT2D eigenvalue weighted by molar-refractivity contribution is 5.81. The summed E-state index contributed by atoms with van der Waals surface area (Å²) in [4.78, 5) is 16.8. The molecule has 6 heteroatoms. The van der Waals surface area contributed by atoms with Gasteiger partial charge in [-0.2, -0.15) is 0 Å². The highest BCUT2D eigenvalue weighted by atomic mass is 16.5. The number of nitrogens with one attached hydrogen (secondary N) is 1. The van der Waals surface area contributed by atoms with Crippen LogP contribution in [0.3, 0.4) is 0 Å². The monoisotopic (exact) mass is 437 g/mol. The van der Waals surface area contributed by atoms with E-state index in [9.17, 15) is 4.79 Å². The van der Waals surface area contributed by atoms with Gasteiger partial charge < -0.3 is 19.4 Å². The standard InChI is InChI=1S/C26H35N3O3/c1-26(2,3)25(30)27-17-9-5-6-12-24-28-22-10-7-8-11-23(22)29(24)18-19-32-21-15-13-20(31-4)14-16-21/h7-8,10-11,13-16H,5-6,9,12,17-19H2,1-4H3,(H,27,30). The van der Waals surface area contributed by atoms with Crippen molar-refractivity contribution >= 4 is 16.9 Å². The molecule has 0 bridgehead atoms. The number of carbonyl (C=O) groups excluding carboxylic acids is 1. The van der Waals surface area contributed by atoms with Crippen LogP contribution in [0.2, 0.25) is 0 Å². The number of amides is 1. The number of hydrogen-bond donors (Lipinski definition) is 1. The molecular weight excluding hydrogens is 402 g/mol. The Morgan fingerprint density at radius 2 is 1.72 bits per heavy atom. The van der Waals surface area contributed by atoms with Gasteiger partial charge in [-0.1, -0.05) is 39.3 Å². The molecule has 0 radical (unpaired) electrons. The van der Waals surface area contributed by atoms with Crippen LogP contribution in [0.5, 0.6) is 11.5 Å². The molecule has 0 saturated carbocycles. The predicted molar refractivity (Wildman–Crippen MR) is 128 cm³/mol. The van der Waals surface area contributed by atoms with E-state index in [0.717, 1.165) is 67.1 Å². The second kappa shape index (κ2) is 11.0. The summed E-state index contributed by atoms with van der Waals surface area (Å²) in [6.07, 6.45) is 3.97. The maximum atomic E-state index is 12.0. The molecule has 1 aromatic heterocycles. The Balaban J connectivity index is 1.52. The molecule has 2 aromatic carbocycles. The van der Waals surface area contributed by atoms with Gasteiger partial charge in [-0.15, -0.1) is 0 Å². The van der Waals surface area contributed by atoms with Crippen LogP contribution in [0.25, 0.3) is 11.0 Å². The average molecular weight is 438 g/mol. The quantitative estimate of drug-likeness (QED) is 0.429. The topological polar surface area (TPSA) is 65.4 Å². The number of para-hydroxylation sites is 2.